The maximum atomic E-state index is 14.0. The highest BCUT2D eigenvalue weighted by Crippen LogP contribution is 2.49. The van der Waals surface area contributed by atoms with E-state index >= 15 is 0 Å². The van der Waals surface area contributed by atoms with Gasteiger partial charge in [-0.05, 0) is 93.7 Å². The van der Waals surface area contributed by atoms with E-state index in [1.165, 1.54) is 6.07 Å². The number of esters is 1. The fourth-order valence-corrected chi connectivity index (χ4v) is 6.85. The zero-order valence-electron chi connectivity index (χ0n) is 23.5. The molecule has 1 fully saturated rings. The summed E-state index contributed by atoms with van der Waals surface area (Å²) in [5.74, 6) is 1.08. The third-order valence-electron chi connectivity index (χ3n) is 9.18. The molecule has 0 saturated heterocycles. The third kappa shape index (κ3) is 5.06. The monoisotopic (exact) mass is 571 g/mol. The Morgan fingerprint density at radius 3 is 2.49 bits per heavy atom. The molecule has 0 bridgehead atoms. The van der Waals surface area contributed by atoms with Crippen molar-refractivity contribution >= 4 is 11.9 Å². The maximum Gasteiger partial charge on any atom is 0.586 e. The first-order valence-corrected chi connectivity index (χ1v) is 14.4. The van der Waals surface area contributed by atoms with Gasteiger partial charge in [-0.15, -0.1) is 8.78 Å². The number of ether oxygens (including phenoxy) is 5. The lowest BCUT2D eigenvalue weighted by Crippen LogP contribution is -2.46. The molecular formula is C31H35F2NO7. The van der Waals surface area contributed by atoms with Gasteiger partial charge in [0, 0.05) is 18.1 Å². The number of alkyl halides is 2. The van der Waals surface area contributed by atoms with Crippen LogP contribution in [-0.4, -0.2) is 38.0 Å². The number of fused-ring (bicyclic) bond motifs is 3. The summed E-state index contributed by atoms with van der Waals surface area (Å²) in [7, 11) is 1.59. The molecule has 1 saturated carbocycles. The van der Waals surface area contributed by atoms with Gasteiger partial charge in [-0.25, -0.2) is 0 Å². The minimum absolute atomic E-state index is 0.00812. The molecule has 1 amide bonds. The normalized spacial score (nSPS) is 29.1. The minimum Gasteiger partial charge on any atom is -0.497 e. The first-order valence-electron chi connectivity index (χ1n) is 14.4. The number of carbonyl (C=O) groups excluding carboxylic acids is 2. The van der Waals surface area contributed by atoms with Gasteiger partial charge in [0.2, 0.25) is 5.91 Å². The maximum absolute atomic E-state index is 14.0. The molecule has 8 nitrogen and oxygen atoms in total. The van der Waals surface area contributed by atoms with E-state index in [4.69, 9.17) is 14.2 Å². The van der Waals surface area contributed by atoms with Crippen LogP contribution in [0.15, 0.2) is 30.3 Å². The second kappa shape index (κ2) is 10.4. The fourth-order valence-electron chi connectivity index (χ4n) is 6.85. The number of amides is 1. The van der Waals surface area contributed by atoms with Crippen molar-refractivity contribution in [3.05, 3.63) is 47.0 Å². The SMILES string of the molecule is CCOC(=O)C1CCC([C@H]2C[C@@H](NC(=O)[C@@]3(C)CCc4cc5c(cc43)OC(F)(F)O5)c3ccc(OC)cc3O2)CC1. The van der Waals surface area contributed by atoms with E-state index in [9.17, 15) is 18.4 Å². The Morgan fingerprint density at radius 1 is 1.05 bits per heavy atom. The summed E-state index contributed by atoms with van der Waals surface area (Å²) < 4.78 is 53.9. The van der Waals surface area contributed by atoms with Crippen molar-refractivity contribution in [2.45, 2.75) is 82.6 Å². The van der Waals surface area contributed by atoms with Crippen LogP contribution >= 0.6 is 0 Å². The first-order chi connectivity index (χ1) is 19.6. The summed E-state index contributed by atoms with van der Waals surface area (Å²) >= 11 is 0. The lowest BCUT2D eigenvalue weighted by molar-refractivity contribution is -0.286. The Morgan fingerprint density at radius 2 is 1.78 bits per heavy atom. The van der Waals surface area contributed by atoms with Crippen LogP contribution in [0.3, 0.4) is 0 Å². The number of carbonyl (C=O) groups is 2. The van der Waals surface area contributed by atoms with E-state index < -0.39 is 11.7 Å². The highest BCUT2D eigenvalue weighted by molar-refractivity contribution is 5.90. The molecule has 2 aliphatic carbocycles. The van der Waals surface area contributed by atoms with Crippen LogP contribution in [0.4, 0.5) is 8.78 Å². The third-order valence-corrected chi connectivity index (χ3v) is 9.18. The molecule has 2 heterocycles. The van der Waals surface area contributed by atoms with Crippen LogP contribution in [0.5, 0.6) is 23.0 Å². The predicted octanol–water partition coefficient (Wildman–Crippen LogP) is 5.60. The van der Waals surface area contributed by atoms with Crippen LogP contribution in [-0.2, 0) is 26.2 Å². The van der Waals surface area contributed by atoms with Gasteiger partial charge in [0.25, 0.3) is 0 Å². The van der Waals surface area contributed by atoms with E-state index in [-0.39, 0.29) is 47.4 Å². The molecule has 220 valence electrons. The van der Waals surface area contributed by atoms with Gasteiger partial charge >= 0.3 is 12.3 Å². The summed E-state index contributed by atoms with van der Waals surface area (Å²) in [5.41, 5.74) is 1.41. The average Bonchev–Trinajstić information content (AvgIpc) is 3.45. The zero-order valence-corrected chi connectivity index (χ0v) is 23.5. The van der Waals surface area contributed by atoms with Crippen molar-refractivity contribution in [1.29, 1.82) is 0 Å². The summed E-state index contributed by atoms with van der Waals surface area (Å²) in [5, 5.41) is 3.28. The van der Waals surface area contributed by atoms with Gasteiger partial charge in [-0.3, -0.25) is 9.59 Å². The molecule has 10 heteroatoms. The fraction of sp³-hybridized carbons (Fsp3) is 0.548. The van der Waals surface area contributed by atoms with Gasteiger partial charge in [0.05, 0.1) is 31.1 Å². The molecule has 4 aliphatic rings. The molecule has 0 unspecified atom stereocenters. The Kier molecular flexibility index (Phi) is 6.98. The number of methoxy groups -OCH3 is 1. The summed E-state index contributed by atoms with van der Waals surface area (Å²) in [6.07, 6.45) is 0.966. The van der Waals surface area contributed by atoms with Crippen molar-refractivity contribution in [2.24, 2.45) is 11.8 Å². The second-order valence-corrected chi connectivity index (χ2v) is 11.6. The number of aryl methyl sites for hydroxylation is 1. The largest absolute Gasteiger partial charge is 0.586 e. The minimum atomic E-state index is -3.71. The van der Waals surface area contributed by atoms with Crippen LogP contribution in [0.2, 0.25) is 0 Å². The molecule has 2 aromatic rings. The standard InChI is InChI=1S/C31H35F2NO7/c1-4-38-28(35)18-7-5-17(6-8-18)24-16-23(21-10-9-20(37-3)14-25(21)39-24)34-29(36)30(2)12-11-19-13-26-27(15-22(19)30)41-31(32,33)40-26/h9-10,13-15,17-18,23-24H,4-8,11-12,16H2,1-3H3,(H,34,36)/t17?,18?,23-,24-,30+/m1/s1. The van der Waals surface area contributed by atoms with Crippen LogP contribution in [0.25, 0.3) is 0 Å². The van der Waals surface area contributed by atoms with E-state index in [0.717, 1.165) is 36.8 Å². The van der Waals surface area contributed by atoms with Gasteiger partial charge in [0.1, 0.15) is 17.6 Å². The molecule has 3 atom stereocenters. The molecule has 2 aromatic carbocycles. The van der Waals surface area contributed by atoms with E-state index in [1.807, 2.05) is 32.0 Å². The first kappa shape index (κ1) is 27.6. The Bertz CT molecular complexity index is 1360. The Balaban J connectivity index is 1.22. The molecule has 2 aliphatic heterocycles. The van der Waals surface area contributed by atoms with E-state index in [1.54, 1.807) is 13.2 Å². The van der Waals surface area contributed by atoms with Crippen LogP contribution in [0, 0.1) is 11.8 Å². The molecule has 0 radical (unpaired) electrons. The molecule has 41 heavy (non-hydrogen) atoms. The Labute approximate surface area is 237 Å². The second-order valence-electron chi connectivity index (χ2n) is 11.6. The van der Waals surface area contributed by atoms with Crippen molar-refractivity contribution < 1.29 is 42.1 Å². The predicted molar refractivity (Wildman–Crippen MR) is 143 cm³/mol. The van der Waals surface area contributed by atoms with Crippen LogP contribution < -0.4 is 24.3 Å². The number of hydrogen-bond acceptors (Lipinski definition) is 7. The molecular weight excluding hydrogens is 536 g/mol. The molecule has 6 rings (SSSR count). The summed E-state index contributed by atoms with van der Waals surface area (Å²) in [6.45, 7) is 4.04. The van der Waals surface area contributed by atoms with Crippen molar-refractivity contribution in [3.63, 3.8) is 0 Å². The van der Waals surface area contributed by atoms with Crippen molar-refractivity contribution in [3.8, 4) is 23.0 Å². The van der Waals surface area contributed by atoms with E-state index in [0.29, 0.717) is 42.9 Å². The van der Waals surface area contributed by atoms with Gasteiger partial charge in [-0.2, -0.15) is 0 Å². The van der Waals surface area contributed by atoms with Crippen molar-refractivity contribution in [2.75, 3.05) is 13.7 Å². The Hall–Kier alpha value is -3.56. The van der Waals surface area contributed by atoms with Gasteiger partial charge in [-0.1, -0.05) is 0 Å². The van der Waals surface area contributed by atoms with Crippen molar-refractivity contribution in [1.82, 2.24) is 5.32 Å². The van der Waals surface area contributed by atoms with Gasteiger partial charge < -0.3 is 29.0 Å². The number of halogens is 2. The molecule has 0 aromatic heterocycles. The van der Waals surface area contributed by atoms with Gasteiger partial charge in [0.15, 0.2) is 11.5 Å². The summed E-state index contributed by atoms with van der Waals surface area (Å²) in [4.78, 5) is 26.2. The number of rotatable bonds is 6. The summed E-state index contributed by atoms with van der Waals surface area (Å²) in [6, 6.07) is 8.37. The quantitative estimate of drug-likeness (QED) is 0.452. The number of hydrogen-bond donors (Lipinski definition) is 1. The highest BCUT2D eigenvalue weighted by atomic mass is 19.3. The molecule has 0 spiro atoms. The lowest BCUT2D eigenvalue weighted by atomic mass is 9.76. The van der Waals surface area contributed by atoms with Crippen LogP contribution in [0.1, 0.15) is 75.1 Å². The number of benzene rings is 2. The smallest absolute Gasteiger partial charge is 0.497 e. The highest BCUT2D eigenvalue weighted by Gasteiger charge is 2.48. The molecule has 1 N–H and O–H groups in total. The topological polar surface area (TPSA) is 92.3 Å². The lowest BCUT2D eigenvalue weighted by Gasteiger charge is -2.40. The van der Waals surface area contributed by atoms with E-state index in [2.05, 4.69) is 14.8 Å². The number of nitrogens with one attached hydrogen (secondary N) is 1. The zero-order chi connectivity index (χ0) is 28.9. The average molecular weight is 572 g/mol.